The fraction of sp³-hybridized carbons (Fsp3) is 0.500. The van der Waals surface area contributed by atoms with Gasteiger partial charge < -0.3 is 4.57 Å². The highest BCUT2D eigenvalue weighted by atomic mass is 35.5. The average molecular weight is 290 g/mol. The molecule has 0 aliphatic carbocycles. The summed E-state index contributed by atoms with van der Waals surface area (Å²) in [7, 11) is 0. The molecule has 0 bridgehead atoms. The molecule has 3 nitrogen and oxygen atoms in total. The van der Waals surface area contributed by atoms with Crippen LogP contribution in [0.5, 0.6) is 0 Å². The van der Waals surface area contributed by atoms with Crippen LogP contribution in [0, 0.1) is 17.2 Å². The minimum atomic E-state index is -0.132. The Morgan fingerprint density at radius 1 is 1.35 bits per heavy atom. The van der Waals surface area contributed by atoms with Crippen LogP contribution in [0.15, 0.2) is 18.2 Å². The fourth-order valence-electron chi connectivity index (χ4n) is 2.41. The van der Waals surface area contributed by atoms with Gasteiger partial charge in [0.15, 0.2) is 0 Å². The Balaban J connectivity index is 2.41. The Morgan fingerprint density at radius 3 is 2.70 bits per heavy atom. The third kappa shape index (κ3) is 3.13. The van der Waals surface area contributed by atoms with Crippen LogP contribution in [0.3, 0.4) is 0 Å². The summed E-state index contributed by atoms with van der Waals surface area (Å²) in [5, 5.41) is 8.91. The molecule has 20 heavy (non-hydrogen) atoms. The molecular weight excluding hydrogens is 270 g/mol. The molecule has 0 fully saturated rings. The third-order valence-corrected chi connectivity index (χ3v) is 3.62. The summed E-state index contributed by atoms with van der Waals surface area (Å²) in [5.74, 6) is 1.58. The molecule has 0 spiro atoms. The van der Waals surface area contributed by atoms with Crippen molar-refractivity contribution >= 4 is 22.6 Å². The minimum Gasteiger partial charge on any atom is -0.327 e. The van der Waals surface area contributed by atoms with Crippen molar-refractivity contribution in [1.82, 2.24) is 9.55 Å². The number of aromatic nitrogens is 2. The van der Waals surface area contributed by atoms with Crippen LogP contribution in [-0.2, 0) is 6.54 Å². The first kappa shape index (κ1) is 14.9. The second-order valence-corrected chi connectivity index (χ2v) is 6.24. The monoisotopic (exact) mass is 289 g/mol. The molecule has 0 N–H and O–H groups in total. The standard InChI is InChI=1S/C16H20ClN3/c1-11(2)5-4-8-20-15-9-13(10-18)6-7-14(15)19-16(20)12(3)17/h6-7,9,11-12H,4-5,8H2,1-3H3. The molecule has 1 aromatic heterocycles. The maximum absolute atomic E-state index is 9.05. The molecule has 4 heteroatoms. The Labute approximate surface area is 125 Å². The van der Waals surface area contributed by atoms with Crippen LogP contribution in [0.4, 0.5) is 0 Å². The third-order valence-electron chi connectivity index (χ3n) is 3.43. The van der Waals surface area contributed by atoms with E-state index in [1.165, 1.54) is 6.42 Å². The number of rotatable bonds is 5. The van der Waals surface area contributed by atoms with Crippen molar-refractivity contribution in [1.29, 1.82) is 5.26 Å². The number of hydrogen-bond acceptors (Lipinski definition) is 2. The van der Waals surface area contributed by atoms with Crippen LogP contribution < -0.4 is 0 Å². The summed E-state index contributed by atoms with van der Waals surface area (Å²) in [5.41, 5.74) is 2.59. The van der Waals surface area contributed by atoms with Crippen molar-refractivity contribution in [2.24, 2.45) is 5.92 Å². The SMILES string of the molecule is CC(C)CCCn1c(C(C)Cl)nc2ccc(C#N)cc21. The largest absolute Gasteiger partial charge is 0.327 e. The maximum Gasteiger partial charge on any atom is 0.127 e. The number of alkyl halides is 1. The van der Waals surface area contributed by atoms with Gasteiger partial charge in [0.1, 0.15) is 5.82 Å². The van der Waals surface area contributed by atoms with Crippen LogP contribution in [0.1, 0.15) is 50.4 Å². The van der Waals surface area contributed by atoms with Crippen LogP contribution in [-0.4, -0.2) is 9.55 Å². The first-order chi connectivity index (χ1) is 9.52. The number of nitriles is 1. The van der Waals surface area contributed by atoms with E-state index in [1.807, 2.05) is 19.1 Å². The van der Waals surface area contributed by atoms with Gasteiger partial charge in [0.05, 0.1) is 28.0 Å². The van der Waals surface area contributed by atoms with E-state index in [2.05, 4.69) is 29.5 Å². The fourth-order valence-corrected chi connectivity index (χ4v) is 2.57. The van der Waals surface area contributed by atoms with E-state index in [1.54, 1.807) is 6.07 Å². The number of hydrogen-bond donors (Lipinski definition) is 0. The van der Waals surface area contributed by atoms with E-state index >= 15 is 0 Å². The molecule has 2 aromatic rings. The van der Waals surface area contributed by atoms with E-state index in [-0.39, 0.29) is 5.38 Å². The summed E-state index contributed by atoms with van der Waals surface area (Å²) in [6.45, 7) is 7.29. The second kappa shape index (κ2) is 6.28. The van der Waals surface area contributed by atoms with Crippen molar-refractivity contribution in [3.8, 4) is 6.07 Å². The molecule has 0 saturated heterocycles. The second-order valence-electron chi connectivity index (χ2n) is 5.59. The van der Waals surface area contributed by atoms with Gasteiger partial charge in [0.25, 0.3) is 0 Å². The van der Waals surface area contributed by atoms with Gasteiger partial charge in [0, 0.05) is 6.54 Å². The quantitative estimate of drug-likeness (QED) is 0.752. The Kier molecular flexibility index (Phi) is 4.67. The molecule has 0 aliphatic rings. The predicted octanol–water partition coefficient (Wildman–Crippen LogP) is 4.64. The van der Waals surface area contributed by atoms with Crippen molar-refractivity contribution in [2.75, 3.05) is 0 Å². The number of fused-ring (bicyclic) bond motifs is 1. The van der Waals surface area contributed by atoms with Gasteiger partial charge in [0.2, 0.25) is 0 Å². The van der Waals surface area contributed by atoms with E-state index in [9.17, 15) is 0 Å². The Bertz CT molecular complexity index is 635. The van der Waals surface area contributed by atoms with Gasteiger partial charge in [-0.3, -0.25) is 0 Å². The highest BCUT2D eigenvalue weighted by molar-refractivity contribution is 6.20. The lowest BCUT2D eigenvalue weighted by molar-refractivity contribution is 0.509. The number of aryl methyl sites for hydroxylation is 1. The number of benzene rings is 1. The highest BCUT2D eigenvalue weighted by Gasteiger charge is 2.15. The zero-order valence-electron chi connectivity index (χ0n) is 12.2. The van der Waals surface area contributed by atoms with Crippen LogP contribution >= 0.6 is 11.6 Å². The molecular formula is C16H20ClN3. The molecule has 0 aliphatic heterocycles. The summed E-state index contributed by atoms with van der Waals surface area (Å²) in [6, 6.07) is 7.79. The van der Waals surface area contributed by atoms with Crippen molar-refractivity contribution < 1.29 is 0 Å². The first-order valence-electron chi connectivity index (χ1n) is 7.07. The van der Waals surface area contributed by atoms with Gasteiger partial charge in [-0.1, -0.05) is 13.8 Å². The van der Waals surface area contributed by atoms with E-state index in [4.69, 9.17) is 16.9 Å². The van der Waals surface area contributed by atoms with Crippen molar-refractivity contribution in [3.63, 3.8) is 0 Å². The summed E-state index contributed by atoms with van der Waals surface area (Å²) >= 11 is 6.25. The van der Waals surface area contributed by atoms with Gasteiger partial charge in [-0.15, -0.1) is 11.6 Å². The van der Waals surface area contributed by atoms with E-state index in [0.29, 0.717) is 11.5 Å². The van der Waals surface area contributed by atoms with Gasteiger partial charge >= 0.3 is 0 Å². The lowest BCUT2D eigenvalue weighted by atomic mass is 10.1. The molecule has 1 aromatic carbocycles. The van der Waals surface area contributed by atoms with E-state index in [0.717, 1.165) is 29.8 Å². The van der Waals surface area contributed by atoms with Gasteiger partial charge in [-0.05, 0) is 43.9 Å². The average Bonchev–Trinajstić information content (AvgIpc) is 2.76. The van der Waals surface area contributed by atoms with Crippen molar-refractivity contribution in [2.45, 2.75) is 45.5 Å². The van der Waals surface area contributed by atoms with Crippen LogP contribution in [0.2, 0.25) is 0 Å². The molecule has 0 amide bonds. The molecule has 0 saturated carbocycles. The molecule has 1 heterocycles. The smallest absolute Gasteiger partial charge is 0.127 e. The summed E-state index contributed by atoms with van der Waals surface area (Å²) in [6.07, 6.45) is 2.27. The maximum atomic E-state index is 9.05. The zero-order chi connectivity index (χ0) is 14.7. The summed E-state index contributed by atoms with van der Waals surface area (Å²) in [4.78, 5) is 4.61. The van der Waals surface area contributed by atoms with Gasteiger partial charge in [-0.2, -0.15) is 5.26 Å². The number of halogens is 1. The minimum absolute atomic E-state index is 0.132. The Morgan fingerprint density at radius 2 is 2.10 bits per heavy atom. The topological polar surface area (TPSA) is 41.6 Å². The molecule has 2 rings (SSSR count). The molecule has 106 valence electrons. The lowest BCUT2D eigenvalue weighted by Gasteiger charge is -2.11. The van der Waals surface area contributed by atoms with Gasteiger partial charge in [-0.25, -0.2) is 4.98 Å². The molecule has 0 radical (unpaired) electrons. The normalized spacial score (nSPS) is 12.8. The first-order valence-corrected chi connectivity index (χ1v) is 7.51. The lowest BCUT2D eigenvalue weighted by Crippen LogP contribution is -2.05. The summed E-state index contributed by atoms with van der Waals surface area (Å²) < 4.78 is 2.16. The zero-order valence-corrected chi connectivity index (χ0v) is 13.0. The predicted molar refractivity (Wildman–Crippen MR) is 82.8 cm³/mol. The Hall–Kier alpha value is -1.53. The molecule has 1 atom stereocenters. The number of nitrogens with zero attached hydrogens (tertiary/aromatic N) is 3. The van der Waals surface area contributed by atoms with E-state index < -0.39 is 0 Å². The highest BCUT2D eigenvalue weighted by Crippen LogP contribution is 2.26. The molecule has 1 unspecified atom stereocenters. The van der Waals surface area contributed by atoms with Crippen LogP contribution in [0.25, 0.3) is 11.0 Å². The van der Waals surface area contributed by atoms with Crippen molar-refractivity contribution in [3.05, 3.63) is 29.6 Å². The number of imidazole rings is 1.